The smallest absolute Gasteiger partial charge is 0.224 e. The molecular formula is C17H20N2O2S2. The Hall–Kier alpha value is -1.40. The van der Waals surface area contributed by atoms with Gasteiger partial charge in [0.1, 0.15) is 5.76 Å². The molecule has 0 N–H and O–H groups in total. The Bertz CT molecular complexity index is 598. The van der Waals surface area contributed by atoms with Crippen LogP contribution in [0.2, 0.25) is 0 Å². The predicted molar refractivity (Wildman–Crippen MR) is 95.4 cm³/mol. The van der Waals surface area contributed by atoms with Gasteiger partial charge in [0.25, 0.3) is 0 Å². The highest BCUT2D eigenvalue weighted by Gasteiger charge is 2.22. The number of hydrogen-bond acceptors (Lipinski definition) is 5. The molecule has 1 fully saturated rings. The standard InChI is InChI=1S/C17H20N2O2S2/c20-17(9-16-13-22-7-8-23-16)19(12-15-4-2-6-21-15)11-14-3-1-5-18-10-14/h1-6,10,16H,7-9,11-13H2/t16-/m0/s1. The molecule has 3 rings (SSSR count). The monoisotopic (exact) mass is 348 g/mol. The van der Waals surface area contributed by atoms with Gasteiger partial charge in [0.15, 0.2) is 0 Å². The van der Waals surface area contributed by atoms with E-state index in [1.165, 1.54) is 5.75 Å². The summed E-state index contributed by atoms with van der Waals surface area (Å²) in [7, 11) is 0. The van der Waals surface area contributed by atoms with Crippen molar-refractivity contribution in [2.45, 2.75) is 24.8 Å². The molecule has 1 amide bonds. The second kappa shape index (κ2) is 8.45. The number of furan rings is 1. The van der Waals surface area contributed by atoms with Gasteiger partial charge in [0, 0.05) is 47.9 Å². The van der Waals surface area contributed by atoms with Gasteiger partial charge in [-0.05, 0) is 23.8 Å². The normalized spacial score (nSPS) is 17.8. The quantitative estimate of drug-likeness (QED) is 0.800. The molecule has 0 aromatic carbocycles. The summed E-state index contributed by atoms with van der Waals surface area (Å²) in [6.45, 7) is 1.07. The van der Waals surface area contributed by atoms with Gasteiger partial charge in [-0.1, -0.05) is 6.07 Å². The molecule has 2 aromatic heterocycles. The number of thioether (sulfide) groups is 2. The van der Waals surface area contributed by atoms with Crippen molar-refractivity contribution in [3.05, 3.63) is 54.2 Å². The second-order valence-electron chi connectivity index (χ2n) is 5.46. The van der Waals surface area contributed by atoms with Gasteiger partial charge >= 0.3 is 0 Å². The maximum absolute atomic E-state index is 12.8. The van der Waals surface area contributed by atoms with E-state index in [1.54, 1.807) is 12.5 Å². The van der Waals surface area contributed by atoms with Crippen molar-refractivity contribution in [1.82, 2.24) is 9.88 Å². The minimum atomic E-state index is 0.185. The summed E-state index contributed by atoms with van der Waals surface area (Å²) in [6.07, 6.45) is 5.81. The van der Waals surface area contributed by atoms with Crippen molar-refractivity contribution in [2.75, 3.05) is 17.3 Å². The average Bonchev–Trinajstić information content (AvgIpc) is 3.09. The van der Waals surface area contributed by atoms with E-state index in [4.69, 9.17) is 4.42 Å². The molecule has 2 aromatic rings. The molecule has 0 bridgehead atoms. The number of hydrogen-bond donors (Lipinski definition) is 0. The van der Waals surface area contributed by atoms with Crippen LogP contribution in [0.5, 0.6) is 0 Å². The number of carbonyl (C=O) groups is 1. The summed E-state index contributed by atoms with van der Waals surface area (Å²) in [4.78, 5) is 18.8. The van der Waals surface area contributed by atoms with E-state index in [0.29, 0.717) is 24.8 Å². The zero-order valence-electron chi connectivity index (χ0n) is 12.9. The van der Waals surface area contributed by atoms with Crippen LogP contribution in [-0.2, 0) is 17.9 Å². The molecular weight excluding hydrogens is 328 g/mol. The number of aromatic nitrogens is 1. The summed E-state index contributed by atoms with van der Waals surface area (Å²) in [5.74, 6) is 4.40. The fraction of sp³-hybridized carbons (Fsp3) is 0.412. The van der Waals surface area contributed by atoms with Crippen LogP contribution >= 0.6 is 23.5 Å². The van der Waals surface area contributed by atoms with E-state index in [1.807, 2.05) is 58.9 Å². The van der Waals surface area contributed by atoms with Crippen LogP contribution in [-0.4, -0.2) is 38.3 Å². The third-order valence-electron chi connectivity index (χ3n) is 3.66. The Morgan fingerprint density at radius 2 is 2.26 bits per heavy atom. The molecule has 122 valence electrons. The van der Waals surface area contributed by atoms with Crippen LogP contribution in [0.3, 0.4) is 0 Å². The average molecular weight is 348 g/mol. The van der Waals surface area contributed by atoms with Crippen molar-refractivity contribution < 1.29 is 9.21 Å². The summed E-state index contributed by atoms with van der Waals surface area (Å²) < 4.78 is 5.42. The van der Waals surface area contributed by atoms with E-state index >= 15 is 0 Å². The van der Waals surface area contributed by atoms with Crippen molar-refractivity contribution in [3.8, 4) is 0 Å². The maximum Gasteiger partial charge on any atom is 0.224 e. The first-order valence-electron chi connectivity index (χ1n) is 7.69. The van der Waals surface area contributed by atoms with E-state index in [0.717, 1.165) is 22.8 Å². The molecule has 0 radical (unpaired) electrons. The Labute approximate surface area is 145 Å². The topological polar surface area (TPSA) is 46.3 Å². The molecule has 0 spiro atoms. The lowest BCUT2D eigenvalue weighted by Crippen LogP contribution is -2.33. The van der Waals surface area contributed by atoms with Crippen LogP contribution in [0.1, 0.15) is 17.7 Å². The van der Waals surface area contributed by atoms with Crippen molar-refractivity contribution in [1.29, 1.82) is 0 Å². The van der Waals surface area contributed by atoms with E-state index in [9.17, 15) is 4.79 Å². The summed E-state index contributed by atoms with van der Waals surface area (Å²) in [5.41, 5.74) is 1.04. The highest BCUT2D eigenvalue weighted by Crippen LogP contribution is 2.27. The first-order valence-corrected chi connectivity index (χ1v) is 9.90. The summed E-state index contributed by atoms with van der Waals surface area (Å²) >= 11 is 3.87. The molecule has 0 aliphatic carbocycles. The number of rotatable bonds is 6. The SMILES string of the molecule is O=C(C[C@H]1CSCCS1)N(Cc1cccnc1)Cc1ccco1. The number of carbonyl (C=O) groups excluding carboxylic acids is 1. The number of pyridine rings is 1. The van der Waals surface area contributed by atoms with Crippen LogP contribution in [0.15, 0.2) is 47.3 Å². The van der Waals surface area contributed by atoms with Crippen LogP contribution < -0.4 is 0 Å². The molecule has 1 aliphatic heterocycles. The Morgan fingerprint density at radius 1 is 1.30 bits per heavy atom. The highest BCUT2D eigenvalue weighted by atomic mass is 32.2. The molecule has 6 heteroatoms. The zero-order valence-corrected chi connectivity index (χ0v) is 14.5. The molecule has 23 heavy (non-hydrogen) atoms. The lowest BCUT2D eigenvalue weighted by molar-refractivity contribution is -0.132. The van der Waals surface area contributed by atoms with Gasteiger partial charge in [-0.15, -0.1) is 0 Å². The van der Waals surface area contributed by atoms with E-state index in [-0.39, 0.29) is 5.91 Å². The highest BCUT2D eigenvalue weighted by molar-refractivity contribution is 8.06. The molecule has 0 unspecified atom stereocenters. The number of amides is 1. The molecule has 1 aliphatic rings. The fourth-order valence-corrected chi connectivity index (χ4v) is 5.18. The van der Waals surface area contributed by atoms with Gasteiger partial charge in [-0.2, -0.15) is 23.5 Å². The molecule has 3 heterocycles. The van der Waals surface area contributed by atoms with E-state index < -0.39 is 0 Å². The molecule has 1 saturated heterocycles. The van der Waals surface area contributed by atoms with Gasteiger partial charge in [-0.25, -0.2) is 0 Å². The summed E-state index contributed by atoms with van der Waals surface area (Å²) in [5, 5.41) is 0.425. The van der Waals surface area contributed by atoms with Crippen molar-refractivity contribution in [2.24, 2.45) is 0 Å². The van der Waals surface area contributed by atoms with Crippen LogP contribution in [0, 0.1) is 0 Å². The minimum absolute atomic E-state index is 0.185. The van der Waals surface area contributed by atoms with Gasteiger partial charge in [0.05, 0.1) is 12.8 Å². The Balaban J connectivity index is 1.66. The van der Waals surface area contributed by atoms with Crippen molar-refractivity contribution in [3.63, 3.8) is 0 Å². The maximum atomic E-state index is 12.8. The van der Waals surface area contributed by atoms with Gasteiger partial charge in [-0.3, -0.25) is 9.78 Å². The fourth-order valence-electron chi connectivity index (χ4n) is 2.51. The summed E-state index contributed by atoms with van der Waals surface area (Å²) in [6, 6.07) is 7.67. The Kier molecular flexibility index (Phi) is 6.05. The van der Waals surface area contributed by atoms with Gasteiger partial charge in [0.2, 0.25) is 5.91 Å². The third kappa shape index (κ3) is 5.04. The van der Waals surface area contributed by atoms with Crippen LogP contribution in [0.25, 0.3) is 0 Å². The predicted octanol–water partition coefficient (Wildman–Crippen LogP) is 3.44. The lowest BCUT2D eigenvalue weighted by Gasteiger charge is -2.26. The first-order chi connectivity index (χ1) is 11.3. The first kappa shape index (κ1) is 16.5. The van der Waals surface area contributed by atoms with Crippen LogP contribution in [0.4, 0.5) is 0 Å². The van der Waals surface area contributed by atoms with E-state index in [2.05, 4.69) is 4.98 Å². The largest absolute Gasteiger partial charge is 0.467 e. The van der Waals surface area contributed by atoms with Gasteiger partial charge < -0.3 is 9.32 Å². The second-order valence-corrected chi connectivity index (χ2v) is 8.02. The molecule has 0 saturated carbocycles. The molecule has 1 atom stereocenters. The Morgan fingerprint density at radius 3 is 2.96 bits per heavy atom. The lowest BCUT2D eigenvalue weighted by atomic mass is 10.2. The number of nitrogens with zero attached hydrogens (tertiary/aromatic N) is 2. The molecule has 4 nitrogen and oxygen atoms in total. The van der Waals surface area contributed by atoms with Crippen molar-refractivity contribution >= 4 is 29.4 Å². The minimum Gasteiger partial charge on any atom is -0.467 e. The third-order valence-corrected chi connectivity index (χ3v) is 6.51. The zero-order chi connectivity index (χ0) is 15.9.